The maximum absolute atomic E-state index is 13.2. The molecule has 1 aliphatic rings. The van der Waals surface area contributed by atoms with E-state index in [1.54, 1.807) is 6.07 Å². The molecular formula is C21H29N2O5S+. The van der Waals surface area contributed by atoms with Crippen molar-refractivity contribution in [3.05, 3.63) is 53.6 Å². The van der Waals surface area contributed by atoms with Crippen molar-refractivity contribution in [2.45, 2.75) is 17.9 Å². The molecule has 2 aromatic rings. The fourth-order valence-electron chi connectivity index (χ4n) is 3.42. The summed E-state index contributed by atoms with van der Waals surface area (Å²) in [5, 5.41) is 0. The first-order valence-electron chi connectivity index (χ1n) is 9.65. The molecule has 0 spiro atoms. The van der Waals surface area contributed by atoms with Gasteiger partial charge in [0.15, 0.2) is 11.5 Å². The van der Waals surface area contributed by atoms with Crippen molar-refractivity contribution in [1.82, 2.24) is 4.72 Å². The number of aryl methyl sites for hydroxylation is 1. The monoisotopic (exact) mass is 421 g/mol. The molecule has 8 heteroatoms. The Hall–Kier alpha value is -2.13. The molecule has 0 amide bonds. The number of morpholine rings is 1. The summed E-state index contributed by atoms with van der Waals surface area (Å²) in [5.74, 6) is 0.861. The fraction of sp³-hybridized carbons (Fsp3) is 0.429. The number of quaternary nitrogens is 1. The Morgan fingerprint density at radius 1 is 1.03 bits per heavy atom. The van der Waals surface area contributed by atoms with E-state index in [0.717, 1.165) is 24.2 Å². The highest BCUT2D eigenvalue weighted by molar-refractivity contribution is 7.89. The summed E-state index contributed by atoms with van der Waals surface area (Å²) in [5.41, 5.74) is 2.08. The summed E-state index contributed by atoms with van der Waals surface area (Å²) in [7, 11) is -0.755. The van der Waals surface area contributed by atoms with Gasteiger partial charge in [-0.15, -0.1) is 0 Å². The molecule has 0 bridgehead atoms. The molecule has 3 rings (SSSR count). The largest absolute Gasteiger partial charge is 0.493 e. The van der Waals surface area contributed by atoms with E-state index in [9.17, 15) is 8.42 Å². The third kappa shape index (κ3) is 5.48. The second kappa shape index (κ2) is 9.58. The summed E-state index contributed by atoms with van der Waals surface area (Å²) < 4.78 is 45.1. The number of rotatable bonds is 8. The average Bonchev–Trinajstić information content (AvgIpc) is 2.74. The zero-order valence-corrected chi connectivity index (χ0v) is 17.9. The zero-order chi connectivity index (χ0) is 20.9. The molecule has 1 aliphatic heterocycles. The molecule has 158 valence electrons. The van der Waals surface area contributed by atoms with Crippen molar-refractivity contribution in [3.8, 4) is 11.5 Å². The van der Waals surface area contributed by atoms with E-state index in [2.05, 4.69) is 4.72 Å². The van der Waals surface area contributed by atoms with Gasteiger partial charge < -0.3 is 19.1 Å². The maximum Gasteiger partial charge on any atom is 0.241 e. The van der Waals surface area contributed by atoms with Crippen LogP contribution < -0.4 is 19.1 Å². The number of methoxy groups -OCH3 is 2. The van der Waals surface area contributed by atoms with Crippen LogP contribution in [0.15, 0.2) is 47.4 Å². The summed E-state index contributed by atoms with van der Waals surface area (Å²) >= 11 is 0. The van der Waals surface area contributed by atoms with Crippen molar-refractivity contribution < 1.29 is 27.5 Å². The van der Waals surface area contributed by atoms with Crippen molar-refractivity contribution >= 4 is 10.0 Å². The van der Waals surface area contributed by atoms with Crippen LogP contribution in [0.5, 0.6) is 11.5 Å². The Labute approximate surface area is 172 Å². The van der Waals surface area contributed by atoms with Gasteiger partial charge in [-0.25, -0.2) is 8.42 Å². The molecule has 1 heterocycles. The van der Waals surface area contributed by atoms with E-state index in [1.807, 2.05) is 31.2 Å². The van der Waals surface area contributed by atoms with Crippen LogP contribution in [0.2, 0.25) is 0 Å². The summed E-state index contributed by atoms with van der Waals surface area (Å²) in [4.78, 5) is 1.46. The molecule has 0 aromatic heterocycles. The molecule has 7 nitrogen and oxygen atoms in total. The van der Waals surface area contributed by atoms with Gasteiger partial charge in [0.05, 0.1) is 44.9 Å². The SMILES string of the molecule is COc1ccc(S(=O)(=O)N[C@H](C[NH+]2CCOCC2)c2ccc(C)cc2)cc1OC. The number of nitrogens with one attached hydrogen (secondary N) is 2. The van der Waals surface area contributed by atoms with Gasteiger partial charge in [0.2, 0.25) is 10.0 Å². The van der Waals surface area contributed by atoms with Crippen LogP contribution in [0, 0.1) is 6.92 Å². The molecule has 1 saturated heterocycles. The maximum atomic E-state index is 13.2. The first-order chi connectivity index (χ1) is 13.9. The smallest absolute Gasteiger partial charge is 0.241 e. The highest BCUT2D eigenvalue weighted by Crippen LogP contribution is 2.30. The van der Waals surface area contributed by atoms with Gasteiger partial charge in [-0.3, -0.25) is 0 Å². The van der Waals surface area contributed by atoms with Crippen molar-refractivity contribution in [2.75, 3.05) is 47.1 Å². The van der Waals surface area contributed by atoms with E-state index >= 15 is 0 Å². The van der Waals surface area contributed by atoms with E-state index in [1.165, 1.54) is 31.3 Å². The molecule has 29 heavy (non-hydrogen) atoms. The van der Waals surface area contributed by atoms with E-state index in [0.29, 0.717) is 31.3 Å². The number of hydrogen-bond acceptors (Lipinski definition) is 5. The minimum atomic E-state index is -3.76. The Bertz CT molecular complexity index is 909. The second-order valence-electron chi connectivity index (χ2n) is 7.17. The molecule has 1 fully saturated rings. The number of sulfonamides is 1. The predicted octanol–water partition coefficient (Wildman–Crippen LogP) is 0.947. The quantitative estimate of drug-likeness (QED) is 0.664. The van der Waals surface area contributed by atoms with E-state index in [4.69, 9.17) is 14.2 Å². The lowest BCUT2D eigenvalue weighted by Gasteiger charge is -2.28. The molecule has 2 aromatic carbocycles. The minimum Gasteiger partial charge on any atom is -0.493 e. The third-order valence-corrected chi connectivity index (χ3v) is 6.60. The van der Waals surface area contributed by atoms with Gasteiger partial charge in [-0.2, -0.15) is 4.72 Å². The van der Waals surface area contributed by atoms with Crippen LogP contribution in [-0.2, 0) is 14.8 Å². The molecule has 0 saturated carbocycles. The van der Waals surface area contributed by atoms with Crippen LogP contribution in [-0.4, -0.2) is 55.5 Å². The Balaban J connectivity index is 1.88. The van der Waals surface area contributed by atoms with Gasteiger partial charge in [0, 0.05) is 6.07 Å². The highest BCUT2D eigenvalue weighted by Gasteiger charge is 2.27. The average molecular weight is 422 g/mol. The van der Waals surface area contributed by atoms with Crippen molar-refractivity contribution in [3.63, 3.8) is 0 Å². The van der Waals surface area contributed by atoms with Crippen molar-refractivity contribution in [1.29, 1.82) is 0 Å². The van der Waals surface area contributed by atoms with E-state index < -0.39 is 10.0 Å². The first kappa shape index (κ1) is 21.6. The van der Waals surface area contributed by atoms with E-state index in [-0.39, 0.29) is 10.9 Å². The Morgan fingerprint density at radius 2 is 1.69 bits per heavy atom. The van der Waals surface area contributed by atoms with Gasteiger partial charge in [0.1, 0.15) is 13.1 Å². The van der Waals surface area contributed by atoms with Gasteiger partial charge in [-0.1, -0.05) is 29.8 Å². The number of ether oxygens (including phenoxy) is 3. The predicted molar refractivity (Wildman–Crippen MR) is 110 cm³/mol. The zero-order valence-electron chi connectivity index (χ0n) is 17.1. The topological polar surface area (TPSA) is 78.3 Å². The van der Waals surface area contributed by atoms with Gasteiger partial charge in [-0.05, 0) is 24.6 Å². The van der Waals surface area contributed by atoms with Gasteiger partial charge in [0.25, 0.3) is 0 Å². The van der Waals surface area contributed by atoms with Crippen LogP contribution in [0.1, 0.15) is 17.2 Å². The highest BCUT2D eigenvalue weighted by atomic mass is 32.2. The van der Waals surface area contributed by atoms with Crippen LogP contribution >= 0.6 is 0 Å². The standard InChI is InChI=1S/C21H28N2O5S/c1-16-4-6-17(7-5-16)19(15-23-10-12-28-13-11-23)22-29(24,25)18-8-9-20(26-2)21(14-18)27-3/h4-9,14,19,22H,10-13,15H2,1-3H3/p+1/t19-/m1/s1. The first-order valence-corrected chi connectivity index (χ1v) is 11.1. The van der Waals surface area contributed by atoms with Crippen LogP contribution in [0.3, 0.4) is 0 Å². The lowest BCUT2D eigenvalue weighted by Crippen LogP contribution is -3.14. The second-order valence-corrected chi connectivity index (χ2v) is 8.88. The van der Waals surface area contributed by atoms with Crippen molar-refractivity contribution in [2.24, 2.45) is 0 Å². The number of hydrogen-bond donors (Lipinski definition) is 2. The lowest BCUT2D eigenvalue weighted by atomic mass is 10.1. The molecule has 0 radical (unpaired) electrons. The normalized spacial score (nSPS) is 16.4. The fourth-order valence-corrected chi connectivity index (χ4v) is 4.66. The van der Waals surface area contributed by atoms with Crippen LogP contribution in [0.4, 0.5) is 0 Å². The Morgan fingerprint density at radius 3 is 2.31 bits per heavy atom. The molecule has 0 aliphatic carbocycles. The third-order valence-electron chi connectivity index (χ3n) is 5.14. The molecular weight excluding hydrogens is 392 g/mol. The number of benzene rings is 2. The van der Waals surface area contributed by atoms with Gasteiger partial charge >= 0.3 is 0 Å². The Kier molecular flexibility index (Phi) is 7.13. The summed E-state index contributed by atoms with van der Waals surface area (Å²) in [6.07, 6.45) is 0. The lowest BCUT2D eigenvalue weighted by molar-refractivity contribution is -0.909. The molecule has 0 unspecified atom stereocenters. The summed E-state index contributed by atoms with van der Waals surface area (Å²) in [6.45, 7) is 5.77. The van der Waals surface area contributed by atoms with Crippen LogP contribution in [0.25, 0.3) is 0 Å². The molecule has 1 atom stereocenters. The minimum absolute atomic E-state index is 0.143. The molecule has 2 N–H and O–H groups in total. The summed E-state index contributed by atoms with van der Waals surface area (Å²) in [6, 6.07) is 12.2.